The summed E-state index contributed by atoms with van der Waals surface area (Å²) in [5, 5.41) is 4.44. The third-order valence-corrected chi connectivity index (χ3v) is 6.81. The summed E-state index contributed by atoms with van der Waals surface area (Å²) in [5.74, 6) is 0. The van der Waals surface area contributed by atoms with Gasteiger partial charge in [-0.05, 0) is 28.1 Å². The van der Waals surface area contributed by atoms with Gasteiger partial charge in [0.25, 0.3) is 10.0 Å². The summed E-state index contributed by atoms with van der Waals surface area (Å²) >= 11 is 10.4. The molecule has 0 aliphatic carbocycles. The van der Waals surface area contributed by atoms with E-state index in [-0.39, 0.29) is 6.54 Å². The molecule has 0 aromatic carbocycles. The SMILES string of the molecule is CN(Cc1c(Cl)cnn1C)S(=O)(=O)c1ccc(Br)s1. The number of thiophene rings is 1. The lowest BCUT2D eigenvalue weighted by molar-refractivity contribution is 0.454. The van der Waals surface area contributed by atoms with Crippen molar-refractivity contribution < 1.29 is 8.42 Å². The van der Waals surface area contributed by atoms with Crippen LogP contribution in [0.15, 0.2) is 26.3 Å². The average Bonchev–Trinajstić information content (AvgIpc) is 2.90. The minimum absolute atomic E-state index is 0.174. The molecule has 19 heavy (non-hydrogen) atoms. The number of aryl methyl sites for hydroxylation is 1. The van der Waals surface area contributed by atoms with Crippen LogP contribution in [0.3, 0.4) is 0 Å². The van der Waals surface area contributed by atoms with Crippen molar-refractivity contribution in [1.82, 2.24) is 14.1 Å². The van der Waals surface area contributed by atoms with Crippen LogP contribution in [0, 0.1) is 0 Å². The van der Waals surface area contributed by atoms with Gasteiger partial charge in [-0.3, -0.25) is 4.68 Å². The molecule has 2 rings (SSSR count). The van der Waals surface area contributed by atoms with Crippen LogP contribution in [0.4, 0.5) is 0 Å². The highest BCUT2D eigenvalue weighted by Crippen LogP contribution is 2.29. The number of hydrogen-bond donors (Lipinski definition) is 0. The molecular formula is C10H11BrClN3O2S2. The Balaban J connectivity index is 2.27. The summed E-state index contributed by atoms with van der Waals surface area (Å²) < 4.78 is 28.6. The summed E-state index contributed by atoms with van der Waals surface area (Å²) in [4.78, 5) is 0. The molecule has 0 aliphatic rings. The maximum absolute atomic E-state index is 12.3. The lowest BCUT2D eigenvalue weighted by Gasteiger charge is -2.16. The van der Waals surface area contributed by atoms with E-state index in [9.17, 15) is 8.42 Å². The van der Waals surface area contributed by atoms with Crippen molar-refractivity contribution in [2.75, 3.05) is 7.05 Å². The number of hydrogen-bond acceptors (Lipinski definition) is 4. The number of nitrogens with zero attached hydrogens (tertiary/aromatic N) is 3. The predicted molar refractivity (Wildman–Crippen MR) is 78.9 cm³/mol. The van der Waals surface area contributed by atoms with Crippen LogP contribution in [-0.4, -0.2) is 29.6 Å². The monoisotopic (exact) mass is 383 g/mol. The van der Waals surface area contributed by atoms with Crippen molar-refractivity contribution in [1.29, 1.82) is 0 Å². The van der Waals surface area contributed by atoms with Crippen molar-refractivity contribution in [2.24, 2.45) is 7.05 Å². The minimum Gasteiger partial charge on any atom is -0.270 e. The fourth-order valence-corrected chi connectivity index (χ4v) is 5.08. The molecule has 2 aromatic rings. The van der Waals surface area contributed by atoms with Crippen molar-refractivity contribution in [2.45, 2.75) is 10.8 Å². The molecule has 2 aromatic heterocycles. The lowest BCUT2D eigenvalue weighted by atomic mass is 10.4. The standard InChI is InChI=1S/C10H11BrClN3O2S2/c1-14(6-8-7(12)5-13-15(8)2)19(16,17)10-4-3-9(11)18-10/h3-5H,6H2,1-2H3. The second-order valence-electron chi connectivity index (χ2n) is 3.88. The number of sulfonamides is 1. The van der Waals surface area contributed by atoms with E-state index in [4.69, 9.17) is 11.6 Å². The second-order valence-corrected chi connectivity index (χ2v) is 9.02. The van der Waals surface area contributed by atoms with Gasteiger partial charge in [0.15, 0.2) is 0 Å². The summed E-state index contributed by atoms with van der Waals surface area (Å²) in [5.41, 5.74) is 0.656. The Morgan fingerprint density at radius 1 is 1.53 bits per heavy atom. The first-order chi connectivity index (χ1) is 8.82. The normalized spacial score (nSPS) is 12.3. The molecule has 0 N–H and O–H groups in total. The molecule has 0 bridgehead atoms. The van der Waals surface area contributed by atoms with Gasteiger partial charge in [-0.25, -0.2) is 8.42 Å². The van der Waals surface area contributed by atoms with Crippen LogP contribution in [0.5, 0.6) is 0 Å². The summed E-state index contributed by atoms with van der Waals surface area (Å²) in [6, 6.07) is 3.29. The maximum atomic E-state index is 12.3. The van der Waals surface area contributed by atoms with Gasteiger partial charge in [0.2, 0.25) is 0 Å². The topological polar surface area (TPSA) is 55.2 Å². The van der Waals surface area contributed by atoms with Crippen molar-refractivity contribution >= 4 is 48.9 Å². The molecule has 2 heterocycles. The van der Waals surface area contributed by atoms with Crippen LogP contribution in [0.25, 0.3) is 0 Å². The molecule has 5 nitrogen and oxygen atoms in total. The van der Waals surface area contributed by atoms with Gasteiger partial charge in [0.1, 0.15) is 4.21 Å². The fraction of sp³-hybridized carbons (Fsp3) is 0.300. The van der Waals surface area contributed by atoms with E-state index in [1.807, 2.05) is 0 Å². The van der Waals surface area contributed by atoms with Crippen LogP contribution >= 0.6 is 38.9 Å². The molecule has 0 atom stereocenters. The first-order valence-corrected chi connectivity index (χ1v) is 8.63. The fourth-order valence-electron chi connectivity index (χ4n) is 1.50. The minimum atomic E-state index is -3.51. The second kappa shape index (κ2) is 5.53. The van der Waals surface area contributed by atoms with Gasteiger partial charge in [0, 0.05) is 14.1 Å². The van der Waals surface area contributed by atoms with Gasteiger partial charge in [-0.15, -0.1) is 11.3 Å². The van der Waals surface area contributed by atoms with Gasteiger partial charge < -0.3 is 0 Å². The first kappa shape index (κ1) is 15.0. The number of halogens is 2. The van der Waals surface area contributed by atoms with Crippen LogP contribution in [0.2, 0.25) is 5.02 Å². The Hall–Kier alpha value is -0.410. The van der Waals surface area contributed by atoms with Crippen LogP contribution < -0.4 is 0 Å². The number of aromatic nitrogens is 2. The molecule has 0 saturated heterocycles. The zero-order valence-corrected chi connectivity index (χ0v) is 14.1. The van der Waals surface area contributed by atoms with E-state index in [1.165, 1.54) is 28.9 Å². The third kappa shape index (κ3) is 3.03. The van der Waals surface area contributed by atoms with Gasteiger partial charge in [0.05, 0.1) is 27.2 Å². The Labute approximate surface area is 129 Å². The molecule has 0 amide bonds. The molecule has 0 unspecified atom stereocenters. The number of rotatable bonds is 4. The smallest absolute Gasteiger partial charge is 0.252 e. The molecule has 0 radical (unpaired) electrons. The Bertz CT molecular complexity index is 676. The van der Waals surface area contributed by atoms with E-state index >= 15 is 0 Å². The highest BCUT2D eigenvalue weighted by molar-refractivity contribution is 9.11. The molecule has 0 saturated carbocycles. The van der Waals surface area contributed by atoms with Gasteiger partial charge in [-0.1, -0.05) is 11.6 Å². The van der Waals surface area contributed by atoms with Crippen molar-refractivity contribution in [3.05, 3.63) is 32.8 Å². The Kier molecular flexibility index (Phi) is 4.36. The van der Waals surface area contributed by atoms with Gasteiger partial charge in [-0.2, -0.15) is 9.40 Å². The largest absolute Gasteiger partial charge is 0.270 e. The van der Waals surface area contributed by atoms with E-state index < -0.39 is 10.0 Å². The molecule has 0 fully saturated rings. The van der Waals surface area contributed by atoms with E-state index in [1.54, 1.807) is 23.9 Å². The predicted octanol–water partition coefficient (Wildman–Crippen LogP) is 2.72. The molecule has 0 aliphatic heterocycles. The zero-order chi connectivity index (χ0) is 14.2. The molecule has 104 valence electrons. The van der Waals surface area contributed by atoms with E-state index in [0.29, 0.717) is 14.9 Å². The van der Waals surface area contributed by atoms with Crippen LogP contribution in [0.1, 0.15) is 5.69 Å². The summed E-state index contributed by atoms with van der Waals surface area (Å²) in [6.45, 7) is 0.174. The molecule has 0 spiro atoms. The highest BCUT2D eigenvalue weighted by atomic mass is 79.9. The van der Waals surface area contributed by atoms with Crippen LogP contribution in [-0.2, 0) is 23.6 Å². The van der Waals surface area contributed by atoms with E-state index in [2.05, 4.69) is 21.0 Å². The Morgan fingerprint density at radius 3 is 2.68 bits per heavy atom. The van der Waals surface area contributed by atoms with E-state index in [0.717, 1.165) is 3.79 Å². The quantitative estimate of drug-likeness (QED) is 0.814. The van der Waals surface area contributed by atoms with Crippen molar-refractivity contribution in [3.8, 4) is 0 Å². The third-order valence-electron chi connectivity index (χ3n) is 2.60. The van der Waals surface area contributed by atoms with Gasteiger partial charge >= 0.3 is 0 Å². The van der Waals surface area contributed by atoms with Crippen molar-refractivity contribution in [3.63, 3.8) is 0 Å². The highest BCUT2D eigenvalue weighted by Gasteiger charge is 2.24. The lowest BCUT2D eigenvalue weighted by Crippen LogP contribution is -2.27. The zero-order valence-electron chi connectivity index (χ0n) is 10.2. The summed E-state index contributed by atoms with van der Waals surface area (Å²) in [6.07, 6.45) is 1.50. The Morgan fingerprint density at radius 2 is 2.21 bits per heavy atom. The molecular weight excluding hydrogens is 374 g/mol. The first-order valence-electron chi connectivity index (χ1n) is 5.20. The summed E-state index contributed by atoms with van der Waals surface area (Å²) in [7, 11) is -0.260. The maximum Gasteiger partial charge on any atom is 0.252 e. The molecule has 9 heteroatoms. The average molecular weight is 385 g/mol.